The summed E-state index contributed by atoms with van der Waals surface area (Å²) in [7, 11) is -3.46. The van der Waals surface area contributed by atoms with Crippen LogP contribution in [-0.4, -0.2) is 26.0 Å². The highest BCUT2D eigenvalue weighted by molar-refractivity contribution is 7.91. The molecule has 1 unspecified atom stereocenters. The maximum atomic E-state index is 12.2. The van der Waals surface area contributed by atoms with E-state index in [9.17, 15) is 8.42 Å². The smallest absolute Gasteiger partial charge is 0.251 e. The molecule has 0 aromatic carbocycles. The predicted molar refractivity (Wildman–Crippen MR) is 72.0 cm³/mol. The number of sulfonamides is 1. The average Bonchev–Trinajstić information content (AvgIpc) is 2.96. The summed E-state index contributed by atoms with van der Waals surface area (Å²) in [6.07, 6.45) is 5.87. The van der Waals surface area contributed by atoms with Gasteiger partial charge in [0, 0.05) is 12.6 Å². The summed E-state index contributed by atoms with van der Waals surface area (Å²) < 4.78 is 27.4. The van der Waals surface area contributed by atoms with E-state index >= 15 is 0 Å². The molecule has 0 amide bonds. The Labute approximate surface area is 112 Å². The number of thiazole rings is 1. The molecule has 0 bridgehead atoms. The van der Waals surface area contributed by atoms with Crippen molar-refractivity contribution in [1.29, 1.82) is 0 Å². The molecule has 0 aliphatic heterocycles. The van der Waals surface area contributed by atoms with Crippen LogP contribution in [0.25, 0.3) is 0 Å². The minimum Gasteiger partial charge on any atom is -0.329 e. The summed E-state index contributed by atoms with van der Waals surface area (Å²) in [6.45, 7) is 2.14. The molecule has 0 saturated heterocycles. The zero-order chi connectivity index (χ0) is 13.2. The fourth-order valence-corrected chi connectivity index (χ4v) is 4.86. The van der Waals surface area contributed by atoms with Gasteiger partial charge in [-0.25, -0.2) is 18.1 Å². The standard InChI is InChI=1S/C11H19N3O2S2/c1-8-13-7-11(17-8)18(15,16)14-10(6-12)9-4-2-3-5-9/h7,9-10,14H,2-6,12H2,1H3. The molecule has 1 fully saturated rings. The Hall–Kier alpha value is -0.500. The Morgan fingerprint density at radius 3 is 2.72 bits per heavy atom. The van der Waals surface area contributed by atoms with Gasteiger partial charge in [0.15, 0.2) is 4.21 Å². The number of hydrogen-bond acceptors (Lipinski definition) is 5. The zero-order valence-corrected chi connectivity index (χ0v) is 12.1. The largest absolute Gasteiger partial charge is 0.329 e. The fraction of sp³-hybridized carbons (Fsp3) is 0.727. The first kappa shape index (κ1) is 13.9. The topological polar surface area (TPSA) is 85.1 Å². The van der Waals surface area contributed by atoms with Gasteiger partial charge in [-0.3, -0.25) is 0 Å². The lowest BCUT2D eigenvalue weighted by atomic mass is 9.99. The lowest BCUT2D eigenvalue weighted by Gasteiger charge is -2.22. The van der Waals surface area contributed by atoms with Gasteiger partial charge >= 0.3 is 0 Å². The van der Waals surface area contributed by atoms with Crippen molar-refractivity contribution in [3.8, 4) is 0 Å². The van der Waals surface area contributed by atoms with Crippen LogP contribution in [0, 0.1) is 12.8 Å². The van der Waals surface area contributed by atoms with Gasteiger partial charge in [-0.2, -0.15) is 0 Å². The predicted octanol–water partition coefficient (Wildman–Crippen LogP) is 1.25. The molecule has 7 heteroatoms. The van der Waals surface area contributed by atoms with Crippen LogP contribution < -0.4 is 10.5 Å². The van der Waals surface area contributed by atoms with Crippen molar-refractivity contribution >= 4 is 21.4 Å². The van der Waals surface area contributed by atoms with Gasteiger partial charge in [-0.05, 0) is 25.7 Å². The van der Waals surface area contributed by atoms with Crippen molar-refractivity contribution in [3.63, 3.8) is 0 Å². The first-order valence-electron chi connectivity index (χ1n) is 6.18. The third-order valence-corrected chi connectivity index (χ3v) is 6.26. The van der Waals surface area contributed by atoms with Crippen LogP contribution in [0.4, 0.5) is 0 Å². The number of hydrogen-bond donors (Lipinski definition) is 2. The zero-order valence-electron chi connectivity index (χ0n) is 10.4. The molecule has 1 heterocycles. The molecular formula is C11H19N3O2S2. The van der Waals surface area contributed by atoms with Gasteiger partial charge in [0.1, 0.15) is 0 Å². The number of aryl methyl sites for hydroxylation is 1. The van der Waals surface area contributed by atoms with Crippen LogP contribution >= 0.6 is 11.3 Å². The third kappa shape index (κ3) is 3.09. The monoisotopic (exact) mass is 289 g/mol. The minimum atomic E-state index is -3.46. The second kappa shape index (κ2) is 5.64. The van der Waals surface area contributed by atoms with E-state index in [0.717, 1.165) is 17.8 Å². The fourth-order valence-electron chi connectivity index (χ4n) is 2.42. The molecule has 18 heavy (non-hydrogen) atoms. The van der Waals surface area contributed by atoms with Crippen molar-refractivity contribution < 1.29 is 8.42 Å². The SMILES string of the molecule is Cc1ncc(S(=O)(=O)NC(CN)C2CCCC2)s1. The van der Waals surface area contributed by atoms with Crippen molar-refractivity contribution in [2.45, 2.75) is 42.9 Å². The van der Waals surface area contributed by atoms with Gasteiger partial charge in [0.25, 0.3) is 10.0 Å². The molecule has 102 valence electrons. The van der Waals surface area contributed by atoms with Crippen LogP contribution in [0.15, 0.2) is 10.4 Å². The van der Waals surface area contributed by atoms with Crippen LogP contribution in [0.2, 0.25) is 0 Å². The van der Waals surface area contributed by atoms with Crippen molar-refractivity contribution in [3.05, 3.63) is 11.2 Å². The number of rotatable bonds is 5. The second-order valence-corrected chi connectivity index (χ2v) is 7.88. The highest BCUT2D eigenvalue weighted by Gasteiger charge is 2.29. The molecule has 1 atom stereocenters. The minimum absolute atomic E-state index is 0.153. The number of nitrogens with zero attached hydrogens (tertiary/aromatic N) is 1. The molecule has 1 aliphatic rings. The summed E-state index contributed by atoms with van der Waals surface area (Å²) in [5.74, 6) is 0.374. The van der Waals surface area contributed by atoms with E-state index in [0.29, 0.717) is 12.5 Å². The maximum Gasteiger partial charge on any atom is 0.251 e. The van der Waals surface area contributed by atoms with Gasteiger partial charge in [0.2, 0.25) is 0 Å². The number of aromatic nitrogens is 1. The van der Waals surface area contributed by atoms with E-state index in [2.05, 4.69) is 9.71 Å². The summed E-state index contributed by atoms with van der Waals surface area (Å²) in [4.78, 5) is 3.98. The molecule has 1 aliphatic carbocycles. The quantitative estimate of drug-likeness (QED) is 0.854. The molecular weight excluding hydrogens is 270 g/mol. The highest BCUT2D eigenvalue weighted by atomic mass is 32.2. The molecule has 2 rings (SSSR count). The van der Waals surface area contributed by atoms with E-state index in [1.165, 1.54) is 30.4 Å². The van der Waals surface area contributed by atoms with E-state index in [1.807, 2.05) is 0 Å². The first-order valence-corrected chi connectivity index (χ1v) is 8.47. The highest BCUT2D eigenvalue weighted by Crippen LogP contribution is 2.28. The van der Waals surface area contributed by atoms with E-state index < -0.39 is 10.0 Å². The molecule has 5 nitrogen and oxygen atoms in total. The van der Waals surface area contributed by atoms with Crippen molar-refractivity contribution in [1.82, 2.24) is 9.71 Å². The van der Waals surface area contributed by atoms with Crippen LogP contribution in [0.1, 0.15) is 30.7 Å². The molecule has 1 saturated carbocycles. The van der Waals surface area contributed by atoms with Crippen LogP contribution in [-0.2, 0) is 10.0 Å². The Morgan fingerprint density at radius 2 is 2.22 bits per heavy atom. The van der Waals surface area contributed by atoms with Gasteiger partial charge in [-0.1, -0.05) is 12.8 Å². The van der Waals surface area contributed by atoms with Crippen LogP contribution in [0.5, 0.6) is 0 Å². The van der Waals surface area contributed by atoms with Gasteiger partial charge in [-0.15, -0.1) is 11.3 Å². The molecule has 0 spiro atoms. The normalized spacial score (nSPS) is 19.2. The summed E-state index contributed by atoms with van der Waals surface area (Å²) in [6, 6.07) is -0.153. The Balaban J connectivity index is 2.10. The van der Waals surface area contributed by atoms with E-state index in [1.54, 1.807) is 6.92 Å². The molecule has 1 aromatic heterocycles. The lowest BCUT2D eigenvalue weighted by molar-refractivity contribution is 0.406. The van der Waals surface area contributed by atoms with E-state index in [-0.39, 0.29) is 10.3 Å². The summed E-state index contributed by atoms with van der Waals surface area (Å²) in [5, 5.41) is 0.750. The Kier molecular flexibility index (Phi) is 4.37. The van der Waals surface area contributed by atoms with Crippen molar-refractivity contribution in [2.24, 2.45) is 11.7 Å². The van der Waals surface area contributed by atoms with Crippen LogP contribution in [0.3, 0.4) is 0 Å². The molecule has 1 aromatic rings. The van der Waals surface area contributed by atoms with Gasteiger partial charge < -0.3 is 5.73 Å². The second-order valence-electron chi connectivity index (χ2n) is 4.71. The van der Waals surface area contributed by atoms with E-state index in [4.69, 9.17) is 5.73 Å². The lowest BCUT2D eigenvalue weighted by Crippen LogP contribution is -2.44. The summed E-state index contributed by atoms with van der Waals surface area (Å²) in [5.41, 5.74) is 5.70. The Bertz CT molecular complexity index is 492. The molecule has 0 radical (unpaired) electrons. The molecule has 3 N–H and O–H groups in total. The summed E-state index contributed by atoms with van der Waals surface area (Å²) >= 11 is 1.19. The average molecular weight is 289 g/mol. The van der Waals surface area contributed by atoms with Gasteiger partial charge in [0.05, 0.1) is 11.2 Å². The number of nitrogens with two attached hydrogens (primary N) is 1. The third-order valence-electron chi connectivity index (χ3n) is 3.39. The maximum absolute atomic E-state index is 12.2. The Morgan fingerprint density at radius 1 is 1.56 bits per heavy atom. The first-order chi connectivity index (χ1) is 8.53. The number of nitrogens with one attached hydrogen (secondary N) is 1. The van der Waals surface area contributed by atoms with Crippen molar-refractivity contribution in [2.75, 3.05) is 6.54 Å².